The van der Waals surface area contributed by atoms with E-state index in [9.17, 15) is 9.90 Å². The number of aryl methyl sites for hydroxylation is 4. The quantitative estimate of drug-likeness (QED) is 0.394. The number of aromatic nitrogens is 4. The fourth-order valence-corrected chi connectivity index (χ4v) is 4.69. The Kier molecular flexibility index (Phi) is 6.35. The minimum Gasteiger partial charge on any atom is -0.481 e. The monoisotopic (exact) mass is 471 g/mol. The molecule has 0 aliphatic carbocycles. The highest BCUT2D eigenvalue weighted by Crippen LogP contribution is 2.27. The first-order valence-electron chi connectivity index (χ1n) is 11.9. The normalized spacial score (nSPS) is 13.8. The van der Waals surface area contributed by atoms with Crippen molar-refractivity contribution in [2.24, 2.45) is 0 Å². The van der Waals surface area contributed by atoms with Gasteiger partial charge in [0.05, 0.1) is 25.1 Å². The largest absolute Gasteiger partial charge is 0.481 e. The molecular weight excluding hydrogens is 442 g/mol. The fraction of sp³-hybridized carbons (Fsp3) is 0.333. The Morgan fingerprint density at radius 3 is 2.89 bits per heavy atom. The summed E-state index contributed by atoms with van der Waals surface area (Å²) < 4.78 is 6.86. The van der Waals surface area contributed by atoms with Crippen LogP contribution in [0, 0.1) is 6.92 Å². The molecule has 35 heavy (non-hydrogen) atoms. The number of carboxylic acids is 1. The Bertz CT molecular complexity index is 1360. The summed E-state index contributed by atoms with van der Waals surface area (Å²) in [6.07, 6.45) is 7.49. The maximum absolute atomic E-state index is 11.6. The molecule has 8 heteroatoms. The van der Waals surface area contributed by atoms with Crippen LogP contribution < -0.4 is 10.1 Å². The van der Waals surface area contributed by atoms with Crippen molar-refractivity contribution in [1.29, 1.82) is 0 Å². The van der Waals surface area contributed by atoms with Crippen molar-refractivity contribution in [2.45, 2.75) is 45.1 Å². The van der Waals surface area contributed by atoms with Crippen molar-refractivity contribution in [2.75, 3.05) is 19.0 Å². The van der Waals surface area contributed by atoms with E-state index in [1.165, 1.54) is 16.7 Å². The van der Waals surface area contributed by atoms with Crippen LogP contribution in [0.3, 0.4) is 0 Å². The van der Waals surface area contributed by atoms with Gasteiger partial charge in [0.2, 0.25) is 5.88 Å². The van der Waals surface area contributed by atoms with Gasteiger partial charge >= 0.3 is 5.97 Å². The molecule has 3 aromatic heterocycles. The number of hydrogen-bond acceptors (Lipinski definition) is 6. The van der Waals surface area contributed by atoms with Gasteiger partial charge in [-0.15, -0.1) is 0 Å². The molecule has 1 unspecified atom stereocenters. The Labute approximate surface area is 204 Å². The number of fused-ring (bicyclic) bond motifs is 2. The summed E-state index contributed by atoms with van der Waals surface area (Å²) in [6.45, 7) is 3.07. The Morgan fingerprint density at radius 1 is 1.23 bits per heavy atom. The van der Waals surface area contributed by atoms with Crippen molar-refractivity contribution in [3.63, 3.8) is 0 Å². The number of nitrogens with zero attached hydrogens (tertiary/aromatic N) is 4. The van der Waals surface area contributed by atoms with E-state index in [4.69, 9.17) is 14.8 Å². The van der Waals surface area contributed by atoms with Crippen LogP contribution in [0.4, 0.5) is 5.82 Å². The summed E-state index contributed by atoms with van der Waals surface area (Å²) in [6, 6.07) is 11.7. The van der Waals surface area contributed by atoms with Crippen LogP contribution in [-0.4, -0.2) is 44.5 Å². The van der Waals surface area contributed by atoms with Crippen LogP contribution >= 0.6 is 0 Å². The Morgan fingerprint density at radius 2 is 2.11 bits per heavy atom. The van der Waals surface area contributed by atoms with E-state index in [0.29, 0.717) is 5.88 Å². The molecule has 5 rings (SSSR count). The van der Waals surface area contributed by atoms with Crippen LogP contribution in [0.15, 0.2) is 48.8 Å². The number of benzene rings is 1. The third-order valence-corrected chi connectivity index (χ3v) is 6.63. The van der Waals surface area contributed by atoms with Gasteiger partial charge in [0.1, 0.15) is 5.82 Å². The van der Waals surface area contributed by atoms with Gasteiger partial charge in [-0.05, 0) is 67.0 Å². The molecule has 2 N–H and O–H groups in total. The summed E-state index contributed by atoms with van der Waals surface area (Å²) in [5.74, 6) is 0.626. The zero-order valence-corrected chi connectivity index (χ0v) is 20.0. The third-order valence-electron chi connectivity index (χ3n) is 6.63. The smallest absolute Gasteiger partial charge is 0.305 e. The molecule has 1 aromatic carbocycles. The average molecular weight is 472 g/mol. The molecule has 0 fully saturated rings. The molecule has 0 saturated heterocycles. The first kappa shape index (κ1) is 22.8. The molecule has 180 valence electrons. The van der Waals surface area contributed by atoms with Gasteiger partial charge in [-0.2, -0.15) is 5.10 Å². The number of ether oxygens (including phenoxy) is 1. The van der Waals surface area contributed by atoms with E-state index in [2.05, 4.69) is 41.5 Å². The summed E-state index contributed by atoms with van der Waals surface area (Å²) in [4.78, 5) is 20.6. The number of carbonyl (C=O) groups is 1. The molecule has 1 aliphatic rings. The summed E-state index contributed by atoms with van der Waals surface area (Å²) in [5, 5.41) is 18.6. The molecule has 0 amide bonds. The molecule has 0 bridgehead atoms. The lowest BCUT2D eigenvalue weighted by atomic mass is 9.98. The lowest BCUT2D eigenvalue weighted by Gasteiger charge is -2.19. The number of pyridine rings is 2. The molecule has 1 atom stereocenters. The van der Waals surface area contributed by atoms with Gasteiger partial charge in [-0.25, -0.2) is 9.97 Å². The number of carboxylic acid groups (broad SMARTS) is 1. The fourth-order valence-electron chi connectivity index (χ4n) is 4.69. The first-order chi connectivity index (χ1) is 17.0. The van der Waals surface area contributed by atoms with E-state index in [0.717, 1.165) is 60.2 Å². The molecular formula is C27H29N5O3. The minimum absolute atomic E-state index is 0.0890. The van der Waals surface area contributed by atoms with Crippen molar-refractivity contribution >= 4 is 22.7 Å². The third kappa shape index (κ3) is 4.96. The van der Waals surface area contributed by atoms with Crippen molar-refractivity contribution in [1.82, 2.24) is 19.7 Å². The second kappa shape index (κ2) is 9.74. The molecule has 8 nitrogen and oxygen atoms in total. The van der Waals surface area contributed by atoms with Crippen LogP contribution in [0.25, 0.3) is 10.9 Å². The van der Waals surface area contributed by atoms with Crippen molar-refractivity contribution < 1.29 is 14.6 Å². The number of hydrogen-bond donors (Lipinski definition) is 2. The molecule has 1 aliphatic heterocycles. The molecule has 0 radical (unpaired) electrons. The minimum atomic E-state index is -0.893. The first-order valence-corrected chi connectivity index (χ1v) is 11.9. The molecule has 4 heterocycles. The van der Waals surface area contributed by atoms with E-state index < -0.39 is 12.0 Å². The van der Waals surface area contributed by atoms with Crippen molar-refractivity contribution in [3.05, 3.63) is 76.7 Å². The van der Waals surface area contributed by atoms with Gasteiger partial charge in [0.25, 0.3) is 0 Å². The SMILES string of the molecule is COc1ccc(C(CC(=O)O)n2cc3ccc(CCc4cc5c(nc4C)NCCC5)cc3n2)cn1. The lowest BCUT2D eigenvalue weighted by molar-refractivity contribution is -0.137. The number of anilines is 1. The topological polar surface area (TPSA) is 102 Å². The Balaban J connectivity index is 1.37. The van der Waals surface area contributed by atoms with Gasteiger partial charge in [0.15, 0.2) is 0 Å². The van der Waals surface area contributed by atoms with Gasteiger partial charge in [-0.3, -0.25) is 9.48 Å². The highest BCUT2D eigenvalue weighted by atomic mass is 16.5. The summed E-state index contributed by atoms with van der Waals surface area (Å²) in [5.41, 5.74) is 6.48. The second-order valence-electron chi connectivity index (χ2n) is 9.02. The van der Waals surface area contributed by atoms with Gasteiger partial charge in [0, 0.05) is 36.1 Å². The van der Waals surface area contributed by atoms with Crippen LogP contribution in [0.5, 0.6) is 5.88 Å². The highest BCUT2D eigenvalue weighted by Gasteiger charge is 2.20. The second-order valence-corrected chi connectivity index (χ2v) is 9.02. The van der Waals surface area contributed by atoms with Crippen molar-refractivity contribution in [3.8, 4) is 5.88 Å². The molecule has 0 spiro atoms. The van der Waals surface area contributed by atoms with E-state index in [-0.39, 0.29) is 6.42 Å². The standard InChI is InChI=1S/C27H29N5O3/c1-17-19(13-20-4-3-11-28-27(20)30-17)7-5-18-6-8-22-16-32(31-23(22)12-18)24(14-26(33)34)21-9-10-25(35-2)29-15-21/h6,8-10,12-13,15-16,24H,3-5,7,11,14H2,1-2H3,(H,28,30)(H,33,34). The maximum atomic E-state index is 11.6. The van der Waals surface area contributed by atoms with E-state index >= 15 is 0 Å². The lowest BCUT2D eigenvalue weighted by Crippen LogP contribution is -2.16. The van der Waals surface area contributed by atoms with Gasteiger partial charge in [-0.1, -0.05) is 18.2 Å². The van der Waals surface area contributed by atoms with Crippen LogP contribution in [0.2, 0.25) is 0 Å². The number of nitrogens with one attached hydrogen (secondary N) is 1. The zero-order chi connectivity index (χ0) is 24.4. The molecule has 0 saturated carbocycles. The highest BCUT2D eigenvalue weighted by molar-refractivity contribution is 5.79. The summed E-state index contributed by atoms with van der Waals surface area (Å²) >= 11 is 0. The summed E-state index contributed by atoms with van der Waals surface area (Å²) in [7, 11) is 1.55. The van der Waals surface area contributed by atoms with Crippen LogP contribution in [0.1, 0.15) is 46.8 Å². The zero-order valence-electron chi connectivity index (χ0n) is 20.0. The number of methoxy groups -OCH3 is 1. The van der Waals surface area contributed by atoms with Gasteiger partial charge < -0.3 is 15.2 Å². The predicted molar refractivity (Wildman–Crippen MR) is 134 cm³/mol. The predicted octanol–water partition coefficient (Wildman–Crippen LogP) is 4.35. The van der Waals surface area contributed by atoms with E-state index in [1.807, 2.05) is 12.3 Å². The Hall–Kier alpha value is -3.94. The van der Waals surface area contributed by atoms with E-state index in [1.54, 1.807) is 24.1 Å². The number of rotatable bonds is 8. The van der Waals surface area contributed by atoms with Crippen LogP contribution in [-0.2, 0) is 24.1 Å². The maximum Gasteiger partial charge on any atom is 0.305 e. The average Bonchev–Trinajstić information content (AvgIpc) is 3.29. The number of aliphatic carboxylic acids is 1. The molecule has 4 aromatic rings.